The fraction of sp³-hybridized carbons (Fsp3) is 1.00. The molecule has 0 bridgehead atoms. The summed E-state index contributed by atoms with van der Waals surface area (Å²) >= 11 is 0. The van der Waals surface area contributed by atoms with Crippen molar-refractivity contribution in [1.29, 1.82) is 0 Å². The van der Waals surface area contributed by atoms with Crippen LogP contribution in [0.3, 0.4) is 0 Å². The van der Waals surface area contributed by atoms with Crippen LogP contribution in [-0.2, 0) is 4.74 Å². The maximum absolute atomic E-state index is 5.39. The molecule has 2 heterocycles. The third-order valence-electron chi connectivity index (χ3n) is 4.46. The van der Waals surface area contributed by atoms with Crippen LogP contribution in [0, 0.1) is 5.92 Å². The van der Waals surface area contributed by atoms with E-state index in [1.54, 1.807) is 0 Å². The van der Waals surface area contributed by atoms with E-state index >= 15 is 0 Å². The molecule has 0 saturated carbocycles. The van der Waals surface area contributed by atoms with Crippen molar-refractivity contribution in [2.45, 2.75) is 26.3 Å². The van der Waals surface area contributed by atoms with Crippen LogP contribution in [0.2, 0.25) is 0 Å². The number of ether oxygens (including phenoxy) is 1. The summed E-state index contributed by atoms with van der Waals surface area (Å²) in [4.78, 5) is 5.16. The first kappa shape index (κ1) is 14.3. The molecule has 106 valence electrons. The van der Waals surface area contributed by atoms with Gasteiger partial charge in [0.15, 0.2) is 0 Å². The van der Waals surface area contributed by atoms with Gasteiger partial charge in [-0.2, -0.15) is 0 Å². The van der Waals surface area contributed by atoms with E-state index in [0.29, 0.717) is 6.04 Å². The van der Waals surface area contributed by atoms with Crippen molar-refractivity contribution in [3.8, 4) is 0 Å². The highest BCUT2D eigenvalue weighted by atomic mass is 16.5. The number of hydrogen-bond acceptors (Lipinski definition) is 4. The minimum atomic E-state index is 0.688. The van der Waals surface area contributed by atoms with Gasteiger partial charge >= 0.3 is 0 Å². The number of nitrogens with one attached hydrogen (secondary N) is 1. The van der Waals surface area contributed by atoms with Gasteiger partial charge in [0.2, 0.25) is 0 Å². The second kappa shape index (κ2) is 7.43. The standard InChI is InChI=1S/C14H29N3O/c1-3-13(2)14-12-17(5-4-15-14)7-6-16-8-10-18-11-9-16/h13-15H,3-12H2,1-2H3/t13-,14+/m0/s1. The molecule has 1 N–H and O–H groups in total. The van der Waals surface area contributed by atoms with Crippen LogP contribution in [0.4, 0.5) is 0 Å². The molecule has 0 aromatic heterocycles. The molecule has 0 unspecified atom stereocenters. The fourth-order valence-corrected chi connectivity index (χ4v) is 2.82. The summed E-state index contributed by atoms with van der Waals surface area (Å²) in [6.07, 6.45) is 1.27. The largest absolute Gasteiger partial charge is 0.379 e. The number of rotatable bonds is 5. The van der Waals surface area contributed by atoms with Gasteiger partial charge in [-0.3, -0.25) is 9.80 Å². The topological polar surface area (TPSA) is 27.7 Å². The van der Waals surface area contributed by atoms with Crippen molar-refractivity contribution in [3.63, 3.8) is 0 Å². The molecule has 2 aliphatic heterocycles. The molecule has 0 radical (unpaired) electrons. The minimum absolute atomic E-state index is 0.688. The van der Waals surface area contributed by atoms with Crippen LogP contribution in [0.15, 0.2) is 0 Å². The molecule has 0 aromatic carbocycles. The number of piperazine rings is 1. The summed E-state index contributed by atoms with van der Waals surface area (Å²) in [5, 5.41) is 3.66. The van der Waals surface area contributed by atoms with Crippen LogP contribution < -0.4 is 5.32 Å². The van der Waals surface area contributed by atoms with E-state index in [1.807, 2.05) is 0 Å². The molecule has 2 fully saturated rings. The fourth-order valence-electron chi connectivity index (χ4n) is 2.82. The van der Waals surface area contributed by atoms with Crippen LogP contribution in [0.25, 0.3) is 0 Å². The molecular weight excluding hydrogens is 226 g/mol. The molecule has 0 aliphatic carbocycles. The smallest absolute Gasteiger partial charge is 0.0594 e. The van der Waals surface area contributed by atoms with Crippen LogP contribution >= 0.6 is 0 Å². The Morgan fingerprint density at radius 1 is 1.17 bits per heavy atom. The lowest BCUT2D eigenvalue weighted by Crippen LogP contribution is -2.54. The molecule has 4 heteroatoms. The third-order valence-corrected chi connectivity index (χ3v) is 4.46. The Morgan fingerprint density at radius 2 is 1.89 bits per heavy atom. The highest BCUT2D eigenvalue weighted by molar-refractivity contribution is 4.82. The van der Waals surface area contributed by atoms with E-state index in [0.717, 1.165) is 38.8 Å². The SMILES string of the molecule is CC[C@H](C)[C@H]1CN(CCN2CCOCC2)CCN1. The van der Waals surface area contributed by atoms with Crippen molar-refractivity contribution in [2.24, 2.45) is 5.92 Å². The number of nitrogens with zero attached hydrogens (tertiary/aromatic N) is 2. The van der Waals surface area contributed by atoms with Gasteiger partial charge in [-0.15, -0.1) is 0 Å². The molecule has 0 aromatic rings. The van der Waals surface area contributed by atoms with Crippen molar-refractivity contribution in [3.05, 3.63) is 0 Å². The van der Waals surface area contributed by atoms with Gasteiger partial charge in [0.05, 0.1) is 13.2 Å². The average molecular weight is 255 g/mol. The van der Waals surface area contributed by atoms with Crippen molar-refractivity contribution < 1.29 is 4.74 Å². The van der Waals surface area contributed by atoms with Crippen molar-refractivity contribution in [2.75, 3.05) is 59.0 Å². The Kier molecular flexibility index (Phi) is 5.89. The molecule has 2 saturated heterocycles. The summed E-state index contributed by atoms with van der Waals surface area (Å²) in [5.41, 5.74) is 0. The first-order chi connectivity index (χ1) is 8.79. The highest BCUT2D eigenvalue weighted by Gasteiger charge is 2.23. The monoisotopic (exact) mass is 255 g/mol. The molecule has 18 heavy (non-hydrogen) atoms. The molecule has 2 aliphatic rings. The van der Waals surface area contributed by atoms with Gasteiger partial charge in [-0.05, 0) is 5.92 Å². The minimum Gasteiger partial charge on any atom is -0.379 e. The van der Waals surface area contributed by atoms with Crippen LogP contribution in [-0.4, -0.2) is 74.9 Å². The average Bonchev–Trinajstić information content (AvgIpc) is 2.45. The molecule has 0 spiro atoms. The Balaban J connectivity index is 1.68. The number of morpholine rings is 1. The van der Waals surface area contributed by atoms with Gasteiger partial charge in [0, 0.05) is 51.9 Å². The first-order valence-electron chi connectivity index (χ1n) is 7.55. The zero-order chi connectivity index (χ0) is 12.8. The van der Waals surface area contributed by atoms with Gasteiger partial charge in [-0.1, -0.05) is 20.3 Å². The second-order valence-corrected chi connectivity index (χ2v) is 5.70. The maximum Gasteiger partial charge on any atom is 0.0594 e. The predicted octanol–water partition coefficient (Wildman–Crippen LogP) is 0.639. The number of hydrogen-bond donors (Lipinski definition) is 1. The summed E-state index contributed by atoms with van der Waals surface area (Å²) in [7, 11) is 0. The molecule has 2 rings (SSSR count). The van der Waals surface area contributed by atoms with E-state index in [9.17, 15) is 0 Å². The summed E-state index contributed by atoms with van der Waals surface area (Å²) in [6.45, 7) is 14.7. The molecule has 4 nitrogen and oxygen atoms in total. The first-order valence-corrected chi connectivity index (χ1v) is 7.55. The lowest BCUT2D eigenvalue weighted by Gasteiger charge is -2.38. The maximum atomic E-state index is 5.39. The lowest BCUT2D eigenvalue weighted by atomic mass is 9.97. The zero-order valence-corrected chi connectivity index (χ0v) is 12.0. The Morgan fingerprint density at radius 3 is 2.61 bits per heavy atom. The molecule has 2 atom stereocenters. The predicted molar refractivity (Wildman–Crippen MR) is 74.9 cm³/mol. The van der Waals surface area contributed by atoms with E-state index in [-0.39, 0.29) is 0 Å². The van der Waals surface area contributed by atoms with Gasteiger partial charge in [0.1, 0.15) is 0 Å². The quantitative estimate of drug-likeness (QED) is 0.780. The zero-order valence-electron chi connectivity index (χ0n) is 12.0. The van der Waals surface area contributed by atoms with Gasteiger partial charge < -0.3 is 10.1 Å². The van der Waals surface area contributed by atoms with Crippen molar-refractivity contribution >= 4 is 0 Å². The van der Waals surface area contributed by atoms with E-state index in [4.69, 9.17) is 4.74 Å². The second-order valence-electron chi connectivity index (χ2n) is 5.70. The van der Waals surface area contributed by atoms with Crippen LogP contribution in [0.1, 0.15) is 20.3 Å². The van der Waals surface area contributed by atoms with Gasteiger partial charge in [-0.25, -0.2) is 0 Å². The molecular formula is C14H29N3O. The van der Waals surface area contributed by atoms with E-state index in [1.165, 1.54) is 32.6 Å². The highest BCUT2D eigenvalue weighted by Crippen LogP contribution is 2.12. The molecule has 0 amide bonds. The summed E-state index contributed by atoms with van der Waals surface area (Å²) in [6, 6.07) is 0.688. The summed E-state index contributed by atoms with van der Waals surface area (Å²) < 4.78 is 5.39. The van der Waals surface area contributed by atoms with Gasteiger partial charge in [0.25, 0.3) is 0 Å². The summed E-state index contributed by atoms with van der Waals surface area (Å²) in [5.74, 6) is 0.788. The van der Waals surface area contributed by atoms with E-state index in [2.05, 4.69) is 29.0 Å². The Hall–Kier alpha value is -0.160. The normalized spacial score (nSPS) is 29.3. The lowest BCUT2D eigenvalue weighted by molar-refractivity contribution is 0.0311. The Bertz CT molecular complexity index is 231. The Labute approximate surface area is 112 Å². The van der Waals surface area contributed by atoms with Crippen LogP contribution in [0.5, 0.6) is 0 Å². The van der Waals surface area contributed by atoms with E-state index < -0.39 is 0 Å². The third kappa shape index (κ3) is 4.19. The van der Waals surface area contributed by atoms with Crippen molar-refractivity contribution in [1.82, 2.24) is 15.1 Å².